The molecule has 0 fully saturated rings. The van der Waals surface area contributed by atoms with Crippen molar-refractivity contribution >= 4 is 32.9 Å². The van der Waals surface area contributed by atoms with Gasteiger partial charge in [0.15, 0.2) is 6.10 Å². The maximum atomic E-state index is 10.8. The molecule has 1 unspecified atom stereocenters. The monoisotopic (exact) mass is 284 g/mol. The molecule has 2 aromatic rings. The van der Waals surface area contributed by atoms with E-state index in [4.69, 9.17) is 9.52 Å². The molecule has 1 aromatic heterocycles. The third-order valence-corrected chi connectivity index (χ3v) is 2.87. The summed E-state index contributed by atoms with van der Waals surface area (Å²) in [4.78, 5) is 10.8. The number of rotatable bonds is 2. The highest BCUT2D eigenvalue weighted by atomic mass is 79.9. The summed E-state index contributed by atoms with van der Waals surface area (Å²) in [6.07, 6.45) is -1.56. The van der Waals surface area contributed by atoms with Gasteiger partial charge in [0.2, 0.25) is 0 Å². The van der Waals surface area contributed by atoms with Crippen molar-refractivity contribution in [3.05, 3.63) is 34.0 Å². The number of carboxylic acids is 1. The molecule has 1 heterocycles. The van der Waals surface area contributed by atoms with Crippen LogP contribution in [0.3, 0.4) is 0 Å². The highest BCUT2D eigenvalue weighted by Gasteiger charge is 2.24. The lowest BCUT2D eigenvalue weighted by Crippen LogP contribution is -2.10. The Labute approximate surface area is 99.6 Å². The van der Waals surface area contributed by atoms with E-state index in [9.17, 15) is 9.90 Å². The minimum absolute atomic E-state index is 0.309. The maximum Gasteiger partial charge on any atom is 0.337 e. The van der Waals surface area contributed by atoms with E-state index in [1.807, 2.05) is 0 Å². The highest BCUT2D eigenvalue weighted by Crippen LogP contribution is 2.32. The second-order valence-electron chi connectivity index (χ2n) is 3.45. The SMILES string of the molecule is Cc1oc2ccc(Br)cc2c1C(O)C(=O)O. The number of benzene rings is 1. The molecule has 4 nitrogen and oxygen atoms in total. The average Bonchev–Trinajstić information content (AvgIpc) is 2.52. The van der Waals surface area contributed by atoms with Gasteiger partial charge >= 0.3 is 5.97 Å². The van der Waals surface area contributed by atoms with Crippen molar-refractivity contribution < 1.29 is 19.4 Å². The van der Waals surface area contributed by atoms with Crippen LogP contribution in [0.2, 0.25) is 0 Å². The average molecular weight is 285 g/mol. The molecule has 0 bridgehead atoms. The minimum Gasteiger partial charge on any atom is -0.479 e. The molecule has 0 saturated heterocycles. The van der Waals surface area contributed by atoms with Gasteiger partial charge in [-0.1, -0.05) is 15.9 Å². The molecule has 2 rings (SSSR count). The predicted molar refractivity (Wildman–Crippen MR) is 61.2 cm³/mol. The lowest BCUT2D eigenvalue weighted by Gasteiger charge is -2.04. The third kappa shape index (κ3) is 1.72. The Hall–Kier alpha value is -1.33. The summed E-state index contributed by atoms with van der Waals surface area (Å²) in [7, 11) is 0. The number of carboxylic acid groups (broad SMARTS) is 1. The molecule has 0 aliphatic rings. The summed E-state index contributed by atoms with van der Waals surface area (Å²) in [5, 5.41) is 19.0. The summed E-state index contributed by atoms with van der Waals surface area (Å²) in [6, 6.07) is 5.25. The van der Waals surface area contributed by atoms with Crippen LogP contribution in [0.5, 0.6) is 0 Å². The summed E-state index contributed by atoms with van der Waals surface area (Å²) < 4.78 is 6.19. The molecule has 5 heteroatoms. The number of carbonyl (C=O) groups is 1. The summed E-state index contributed by atoms with van der Waals surface area (Å²) >= 11 is 3.29. The van der Waals surface area contributed by atoms with Crippen LogP contribution >= 0.6 is 15.9 Å². The van der Waals surface area contributed by atoms with E-state index in [2.05, 4.69) is 15.9 Å². The van der Waals surface area contributed by atoms with Gasteiger partial charge in [-0.25, -0.2) is 4.79 Å². The van der Waals surface area contributed by atoms with Crippen LogP contribution in [0.15, 0.2) is 27.1 Å². The van der Waals surface area contributed by atoms with Crippen molar-refractivity contribution in [3.8, 4) is 0 Å². The summed E-state index contributed by atoms with van der Waals surface area (Å²) in [6.45, 7) is 1.63. The molecule has 16 heavy (non-hydrogen) atoms. The molecule has 2 N–H and O–H groups in total. The van der Waals surface area contributed by atoms with Crippen LogP contribution in [0.1, 0.15) is 17.4 Å². The first-order chi connectivity index (χ1) is 7.50. The van der Waals surface area contributed by atoms with E-state index in [0.717, 1.165) is 4.47 Å². The second-order valence-corrected chi connectivity index (χ2v) is 4.37. The van der Waals surface area contributed by atoms with Crippen LogP contribution in [-0.4, -0.2) is 16.2 Å². The van der Waals surface area contributed by atoms with Crippen LogP contribution in [0, 0.1) is 6.92 Å². The second kappa shape index (κ2) is 3.92. The number of aliphatic hydroxyl groups excluding tert-OH is 1. The number of hydrogen-bond donors (Lipinski definition) is 2. The number of furan rings is 1. The topological polar surface area (TPSA) is 70.7 Å². The molecule has 0 spiro atoms. The van der Waals surface area contributed by atoms with E-state index in [-0.39, 0.29) is 0 Å². The van der Waals surface area contributed by atoms with E-state index >= 15 is 0 Å². The standard InChI is InChI=1S/C11H9BrO4/c1-5-9(10(13)11(14)15)7-4-6(12)2-3-8(7)16-5/h2-4,10,13H,1H3,(H,14,15). The number of halogens is 1. The number of hydrogen-bond acceptors (Lipinski definition) is 3. The van der Waals surface area contributed by atoms with E-state index in [1.54, 1.807) is 25.1 Å². The molecular formula is C11H9BrO4. The van der Waals surface area contributed by atoms with E-state index in [0.29, 0.717) is 22.3 Å². The highest BCUT2D eigenvalue weighted by molar-refractivity contribution is 9.10. The molecule has 84 valence electrons. The maximum absolute atomic E-state index is 10.8. The van der Waals surface area contributed by atoms with Crippen LogP contribution in [0.25, 0.3) is 11.0 Å². The third-order valence-electron chi connectivity index (χ3n) is 2.38. The van der Waals surface area contributed by atoms with Gasteiger partial charge in [0.1, 0.15) is 11.3 Å². The van der Waals surface area contributed by atoms with Crippen molar-refractivity contribution in [1.29, 1.82) is 0 Å². The van der Waals surface area contributed by atoms with Gasteiger partial charge < -0.3 is 14.6 Å². The predicted octanol–water partition coefficient (Wildman–Crippen LogP) is 2.62. The molecule has 0 radical (unpaired) electrons. The zero-order valence-electron chi connectivity index (χ0n) is 8.40. The fourth-order valence-corrected chi connectivity index (χ4v) is 2.04. The Morgan fingerprint density at radius 3 is 2.81 bits per heavy atom. The fraction of sp³-hybridized carbons (Fsp3) is 0.182. The first-order valence-electron chi connectivity index (χ1n) is 4.60. The van der Waals surface area contributed by atoms with Crippen LogP contribution in [-0.2, 0) is 4.79 Å². The van der Waals surface area contributed by atoms with Gasteiger partial charge in [-0.05, 0) is 25.1 Å². The number of aliphatic carboxylic acids is 1. The van der Waals surface area contributed by atoms with Gasteiger partial charge in [-0.15, -0.1) is 0 Å². The molecule has 0 aliphatic heterocycles. The van der Waals surface area contributed by atoms with Crippen molar-refractivity contribution in [3.63, 3.8) is 0 Å². The molecule has 0 aliphatic carbocycles. The first kappa shape index (κ1) is 11.2. The molecule has 1 aromatic carbocycles. The van der Waals surface area contributed by atoms with E-state index in [1.165, 1.54) is 0 Å². The Balaban J connectivity index is 2.72. The summed E-state index contributed by atoms with van der Waals surface area (Å²) in [5.41, 5.74) is 0.875. The Morgan fingerprint density at radius 1 is 1.50 bits per heavy atom. The van der Waals surface area contributed by atoms with Crippen molar-refractivity contribution in [1.82, 2.24) is 0 Å². The quantitative estimate of drug-likeness (QED) is 0.889. The minimum atomic E-state index is -1.56. The van der Waals surface area contributed by atoms with Crippen molar-refractivity contribution in [2.75, 3.05) is 0 Å². The number of fused-ring (bicyclic) bond motifs is 1. The molecule has 0 amide bonds. The number of aliphatic hydroxyl groups is 1. The Kier molecular flexibility index (Phi) is 2.73. The van der Waals surface area contributed by atoms with Gasteiger partial charge in [-0.3, -0.25) is 0 Å². The molecule has 1 atom stereocenters. The summed E-state index contributed by atoms with van der Waals surface area (Å²) in [5.74, 6) is -0.867. The largest absolute Gasteiger partial charge is 0.479 e. The molecule has 0 saturated carbocycles. The van der Waals surface area contributed by atoms with Gasteiger partial charge in [0, 0.05) is 15.4 Å². The van der Waals surface area contributed by atoms with Gasteiger partial charge in [0.05, 0.1) is 0 Å². The van der Waals surface area contributed by atoms with Crippen molar-refractivity contribution in [2.24, 2.45) is 0 Å². The Morgan fingerprint density at radius 2 is 2.19 bits per heavy atom. The normalized spacial score (nSPS) is 12.9. The van der Waals surface area contributed by atoms with Crippen LogP contribution < -0.4 is 0 Å². The van der Waals surface area contributed by atoms with E-state index < -0.39 is 12.1 Å². The van der Waals surface area contributed by atoms with Crippen molar-refractivity contribution in [2.45, 2.75) is 13.0 Å². The van der Waals surface area contributed by atoms with Gasteiger partial charge in [0.25, 0.3) is 0 Å². The lowest BCUT2D eigenvalue weighted by molar-refractivity contribution is -0.146. The van der Waals surface area contributed by atoms with Crippen LogP contribution in [0.4, 0.5) is 0 Å². The van der Waals surface area contributed by atoms with Gasteiger partial charge in [-0.2, -0.15) is 0 Å². The number of aryl methyl sites for hydroxylation is 1. The first-order valence-corrected chi connectivity index (χ1v) is 5.39. The zero-order valence-corrected chi connectivity index (χ0v) is 9.98. The smallest absolute Gasteiger partial charge is 0.337 e. The Bertz CT molecular complexity index is 558. The zero-order chi connectivity index (χ0) is 11.9. The fourth-order valence-electron chi connectivity index (χ4n) is 1.67. The molecular weight excluding hydrogens is 276 g/mol. The lowest BCUT2D eigenvalue weighted by atomic mass is 10.1.